The molecule has 0 aromatic heterocycles. The van der Waals surface area contributed by atoms with E-state index in [4.69, 9.17) is 4.74 Å². The smallest absolute Gasteiger partial charge is 0.408 e. The van der Waals surface area contributed by atoms with E-state index in [1.807, 2.05) is 40.7 Å². The van der Waals surface area contributed by atoms with Crippen molar-refractivity contribution in [1.29, 1.82) is 0 Å². The second-order valence-electron chi connectivity index (χ2n) is 9.53. The van der Waals surface area contributed by atoms with Crippen LogP contribution in [0.2, 0.25) is 0 Å². The van der Waals surface area contributed by atoms with E-state index in [1.165, 1.54) is 6.92 Å². The molecule has 2 amide bonds. The summed E-state index contributed by atoms with van der Waals surface area (Å²) in [4.78, 5) is 38.7. The fourth-order valence-electron chi connectivity index (χ4n) is 2.55. The average Bonchev–Trinajstić information content (AvgIpc) is 2.45. The normalized spacial score (nSPS) is 15.2. The van der Waals surface area contributed by atoms with Gasteiger partial charge in [0.05, 0.1) is 6.04 Å². The predicted molar refractivity (Wildman–Crippen MR) is 108 cm³/mol. The number of carbonyl (C=O) groups excluding carboxylic acids is 3. The lowest BCUT2D eigenvalue weighted by molar-refractivity contribution is -0.137. The number of amides is 2. The molecule has 0 rings (SSSR count). The zero-order valence-electron chi connectivity index (χ0n) is 18.9. The molecule has 1 unspecified atom stereocenters. The lowest BCUT2D eigenvalue weighted by Gasteiger charge is -2.37. The molecule has 0 aliphatic carbocycles. The molecule has 2 atom stereocenters. The van der Waals surface area contributed by atoms with Crippen LogP contribution < -0.4 is 5.32 Å². The molecule has 0 radical (unpaired) electrons. The van der Waals surface area contributed by atoms with Crippen LogP contribution in [0.3, 0.4) is 0 Å². The second kappa shape index (κ2) is 9.38. The van der Waals surface area contributed by atoms with E-state index in [-0.39, 0.29) is 23.7 Å². The Kier molecular flexibility index (Phi) is 8.74. The number of ketones is 1. The number of nitrogens with zero attached hydrogens (tertiary/aromatic N) is 1. The number of carbonyl (C=O) groups is 3. The minimum absolute atomic E-state index is 0.0271. The van der Waals surface area contributed by atoms with Gasteiger partial charge in [0.2, 0.25) is 5.91 Å². The fourth-order valence-corrected chi connectivity index (χ4v) is 2.55. The van der Waals surface area contributed by atoms with Crippen LogP contribution in [0.4, 0.5) is 4.79 Å². The molecule has 0 aliphatic heterocycles. The SMILES string of the molecule is CC(=O)/C(C)=C/[C@H](C(C)C)N(C)C(=O)C(NC(=O)OC(C)(C)C)C(C)(C)C. The van der Waals surface area contributed by atoms with Crippen molar-refractivity contribution in [3.05, 3.63) is 11.6 Å². The van der Waals surface area contributed by atoms with Gasteiger partial charge in [-0.3, -0.25) is 9.59 Å². The summed E-state index contributed by atoms with van der Waals surface area (Å²) < 4.78 is 5.32. The Morgan fingerprint density at radius 3 is 1.81 bits per heavy atom. The molecule has 1 N–H and O–H groups in total. The summed E-state index contributed by atoms with van der Waals surface area (Å²) in [6.45, 7) is 18.2. The van der Waals surface area contributed by atoms with Crippen LogP contribution in [-0.4, -0.2) is 47.4 Å². The molecule has 0 aromatic carbocycles. The van der Waals surface area contributed by atoms with Crippen LogP contribution in [0.1, 0.15) is 69.2 Å². The quantitative estimate of drug-likeness (QED) is 0.706. The molecule has 0 aliphatic rings. The average molecular weight is 383 g/mol. The van der Waals surface area contributed by atoms with Crippen LogP contribution in [0, 0.1) is 11.3 Å². The Hall–Kier alpha value is -1.85. The summed E-state index contributed by atoms with van der Waals surface area (Å²) in [6, 6.07) is -1.02. The van der Waals surface area contributed by atoms with Gasteiger partial charge in [-0.2, -0.15) is 0 Å². The fraction of sp³-hybridized carbons (Fsp3) is 0.762. The molecule has 6 nitrogen and oxygen atoms in total. The van der Waals surface area contributed by atoms with Crippen molar-refractivity contribution in [2.24, 2.45) is 11.3 Å². The molecular weight excluding hydrogens is 344 g/mol. The number of hydrogen-bond donors (Lipinski definition) is 1. The maximum atomic E-state index is 13.2. The van der Waals surface area contributed by atoms with Crippen molar-refractivity contribution < 1.29 is 19.1 Å². The standard InChI is InChI=1S/C21H38N2O4/c1-13(2)16(12-14(3)15(4)24)23(11)18(25)17(20(5,6)7)22-19(26)27-21(8,9)10/h12-13,16-17H,1-11H3,(H,22,26)/b14-12+/t16-,17?/m1/s1. The molecule has 27 heavy (non-hydrogen) atoms. The number of Topliss-reactive ketones (excluding diaryl/α,β-unsaturated/α-hetero) is 1. The Balaban J connectivity index is 5.67. The monoisotopic (exact) mass is 382 g/mol. The number of alkyl carbamates (subject to hydrolysis) is 1. The first-order valence-electron chi connectivity index (χ1n) is 9.43. The van der Waals surface area contributed by atoms with E-state index in [0.717, 1.165) is 0 Å². The Morgan fingerprint density at radius 1 is 1.00 bits per heavy atom. The van der Waals surface area contributed by atoms with Crippen LogP contribution in [-0.2, 0) is 14.3 Å². The number of allylic oxidation sites excluding steroid dienone is 1. The van der Waals surface area contributed by atoms with Gasteiger partial charge in [0.15, 0.2) is 5.78 Å². The van der Waals surface area contributed by atoms with Gasteiger partial charge in [-0.05, 0) is 51.5 Å². The Bertz CT molecular complexity index is 580. The number of rotatable bonds is 6. The Morgan fingerprint density at radius 2 is 1.48 bits per heavy atom. The van der Waals surface area contributed by atoms with Gasteiger partial charge in [0, 0.05) is 7.05 Å². The number of likely N-dealkylation sites (N-methyl/N-ethyl adjacent to an activating group) is 1. The molecule has 0 fully saturated rings. The molecule has 0 spiro atoms. The Labute approximate surface area is 164 Å². The van der Waals surface area contributed by atoms with Gasteiger partial charge in [0.1, 0.15) is 11.6 Å². The first kappa shape index (κ1) is 25.1. The summed E-state index contributed by atoms with van der Waals surface area (Å²) >= 11 is 0. The molecular formula is C21H38N2O4. The van der Waals surface area contributed by atoms with Crippen molar-refractivity contribution >= 4 is 17.8 Å². The summed E-state index contributed by atoms with van der Waals surface area (Å²) in [5.74, 6) is -0.143. The third-order valence-corrected chi connectivity index (χ3v) is 4.23. The molecule has 0 saturated carbocycles. The maximum absolute atomic E-state index is 13.2. The van der Waals surface area contributed by atoms with E-state index in [0.29, 0.717) is 5.57 Å². The topological polar surface area (TPSA) is 75.7 Å². The highest BCUT2D eigenvalue weighted by atomic mass is 16.6. The maximum Gasteiger partial charge on any atom is 0.408 e. The van der Waals surface area contributed by atoms with Crippen LogP contribution in [0.15, 0.2) is 11.6 Å². The van der Waals surface area contributed by atoms with Gasteiger partial charge >= 0.3 is 6.09 Å². The molecule has 0 saturated heterocycles. The first-order valence-corrected chi connectivity index (χ1v) is 9.43. The number of ether oxygens (including phenoxy) is 1. The van der Waals surface area contributed by atoms with Gasteiger partial charge in [-0.25, -0.2) is 4.79 Å². The van der Waals surface area contributed by atoms with Crippen LogP contribution in [0.25, 0.3) is 0 Å². The second-order valence-corrected chi connectivity index (χ2v) is 9.53. The van der Waals surface area contributed by atoms with Crippen molar-refractivity contribution in [3.63, 3.8) is 0 Å². The van der Waals surface area contributed by atoms with Gasteiger partial charge < -0.3 is 15.0 Å². The van der Waals surface area contributed by atoms with Gasteiger partial charge in [-0.1, -0.05) is 40.7 Å². The third-order valence-electron chi connectivity index (χ3n) is 4.23. The van der Waals surface area contributed by atoms with E-state index in [9.17, 15) is 14.4 Å². The highest BCUT2D eigenvalue weighted by Crippen LogP contribution is 2.24. The van der Waals surface area contributed by atoms with Crippen molar-refractivity contribution in [3.8, 4) is 0 Å². The van der Waals surface area contributed by atoms with Crippen LogP contribution >= 0.6 is 0 Å². The summed E-state index contributed by atoms with van der Waals surface area (Å²) in [6.07, 6.45) is 1.19. The number of hydrogen-bond acceptors (Lipinski definition) is 4. The van der Waals surface area contributed by atoms with E-state index in [1.54, 1.807) is 39.6 Å². The first-order chi connectivity index (χ1) is 12.0. The molecule has 0 aromatic rings. The molecule has 156 valence electrons. The highest BCUT2D eigenvalue weighted by Gasteiger charge is 2.37. The largest absolute Gasteiger partial charge is 0.444 e. The van der Waals surface area contributed by atoms with E-state index >= 15 is 0 Å². The third kappa shape index (κ3) is 8.59. The minimum atomic E-state index is -0.760. The minimum Gasteiger partial charge on any atom is -0.444 e. The van der Waals surface area contributed by atoms with Gasteiger partial charge in [0.25, 0.3) is 0 Å². The molecule has 6 heteroatoms. The molecule has 0 heterocycles. The molecule has 0 bridgehead atoms. The summed E-state index contributed by atoms with van der Waals surface area (Å²) in [5.41, 5.74) is -0.549. The van der Waals surface area contributed by atoms with E-state index in [2.05, 4.69) is 5.32 Å². The zero-order chi connectivity index (χ0) is 21.7. The van der Waals surface area contributed by atoms with Crippen molar-refractivity contribution in [2.75, 3.05) is 7.05 Å². The zero-order valence-corrected chi connectivity index (χ0v) is 18.9. The van der Waals surface area contributed by atoms with Gasteiger partial charge in [-0.15, -0.1) is 0 Å². The summed E-state index contributed by atoms with van der Waals surface area (Å²) in [7, 11) is 1.70. The summed E-state index contributed by atoms with van der Waals surface area (Å²) in [5, 5.41) is 2.72. The predicted octanol–water partition coefficient (Wildman–Crippen LogP) is 3.94. The highest BCUT2D eigenvalue weighted by molar-refractivity contribution is 5.93. The van der Waals surface area contributed by atoms with Crippen LogP contribution in [0.5, 0.6) is 0 Å². The van der Waals surface area contributed by atoms with Crippen molar-refractivity contribution in [2.45, 2.75) is 86.9 Å². The lowest BCUT2D eigenvalue weighted by Crippen LogP contribution is -2.56. The van der Waals surface area contributed by atoms with E-state index < -0.39 is 23.2 Å². The lowest BCUT2D eigenvalue weighted by atomic mass is 9.85. The van der Waals surface area contributed by atoms with Crippen molar-refractivity contribution in [1.82, 2.24) is 10.2 Å². The number of nitrogens with one attached hydrogen (secondary N) is 1.